The van der Waals surface area contributed by atoms with Gasteiger partial charge in [0.15, 0.2) is 0 Å². The van der Waals surface area contributed by atoms with E-state index in [1.165, 1.54) is 5.39 Å². The second-order valence-electron chi connectivity index (χ2n) is 4.78. The van der Waals surface area contributed by atoms with E-state index in [1.807, 2.05) is 48.5 Å². The van der Waals surface area contributed by atoms with Crippen LogP contribution in [-0.4, -0.2) is 0 Å². The monoisotopic (exact) mass is 333 g/mol. The van der Waals surface area contributed by atoms with E-state index in [-0.39, 0.29) is 0 Å². The number of nitrogens with zero attached hydrogens (tertiary/aromatic N) is 1. The van der Waals surface area contributed by atoms with E-state index in [2.05, 4.69) is 46.3 Å². The summed E-state index contributed by atoms with van der Waals surface area (Å²) in [5, 5.41) is 11.8. The Labute approximate surface area is 132 Å². The predicted molar refractivity (Wildman–Crippen MR) is 91.6 cm³/mol. The molecule has 0 heterocycles. The van der Waals surface area contributed by atoms with Crippen molar-refractivity contribution in [3.05, 3.63) is 82.3 Å². The molecule has 1 nitrogen and oxygen atoms in total. The van der Waals surface area contributed by atoms with Crippen molar-refractivity contribution in [2.75, 3.05) is 0 Å². The molecule has 0 aromatic heterocycles. The van der Waals surface area contributed by atoms with Gasteiger partial charge in [-0.1, -0.05) is 64.5 Å². The second kappa shape index (κ2) is 5.95. The minimum absolute atomic E-state index is 0.670. The molecule has 3 aromatic rings. The third-order valence-corrected chi connectivity index (χ3v) is 3.89. The first kappa shape index (κ1) is 13.6. The molecule has 0 spiro atoms. The van der Waals surface area contributed by atoms with Crippen molar-refractivity contribution in [3.63, 3.8) is 0 Å². The zero-order valence-electron chi connectivity index (χ0n) is 11.3. The largest absolute Gasteiger partial charge is 0.192 e. The van der Waals surface area contributed by atoms with Crippen molar-refractivity contribution in [1.82, 2.24) is 0 Å². The fraction of sp³-hybridized carbons (Fsp3) is 0. The quantitative estimate of drug-likeness (QED) is 0.438. The van der Waals surface area contributed by atoms with Gasteiger partial charge in [0.05, 0.1) is 11.6 Å². The van der Waals surface area contributed by atoms with Crippen LogP contribution in [0.15, 0.2) is 71.2 Å². The van der Waals surface area contributed by atoms with Crippen LogP contribution < -0.4 is 0 Å². The molecule has 100 valence electrons. The number of hydrogen-bond donors (Lipinski definition) is 0. The molecule has 0 aliphatic carbocycles. The number of rotatable bonds is 2. The van der Waals surface area contributed by atoms with E-state index in [9.17, 15) is 5.26 Å². The third-order valence-electron chi connectivity index (χ3n) is 3.36. The Hall–Kier alpha value is -2.37. The summed E-state index contributed by atoms with van der Waals surface area (Å²) in [7, 11) is 0. The average Bonchev–Trinajstić information content (AvgIpc) is 2.54. The van der Waals surface area contributed by atoms with Crippen molar-refractivity contribution >= 4 is 38.4 Å². The summed E-state index contributed by atoms with van der Waals surface area (Å²) < 4.78 is 1.03. The first-order valence-electron chi connectivity index (χ1n) is 6.63. The van der Waals surface area contributed by atoms with Crippen molar-refractivity contribution in [3.8, 4) is 6.07 Å². The molecule has 0 bridgehead atoms. The maximum atomic E-state index is 9.44. The summed E-state index contributed by atoms with van der Waals surface area (Å²) >= 11 is 3.42. The molecule has 21 heavy (non-hydrogen) atoms. The van der Waals surface area contributed by atoms with Gasteiger partial charge in [0.1, 0.15) is 0 Å². The topological polar surface area (TPSA) is 23.8 Å². The number of nitriles is 1. The van der Waals surface area contributed by atoms with Gasteiger partial charge in [-0.3, -0.25) is 0 Å². The van der Waals surface area contributed by atoms with Gasteiger partial charge in [0.25, 0.3) is 0 Å². The molecule has 0 unspecified atom stereocenters. The summed E-state index contributed by atoms with van der Waals surface area (Å²) in [5.41, 5.74) is 2.63. The molecule has 3 rings (SSSR count). The first-order chi connectivity index (χ1) is 10.3. The molecule has 0 saturated carbocycles. The van der Waals surface area contributed by atoms with Gasteiger partial charge in [-0.2, -0.15) is 5.26 Å². The number of fused-ring (bicyclic) bond motifs is 1. The third kappa shape index (κ3) is 3.04. The standard InChI is InChI=1S/C19H12BrN/c20-19-9-5-14(6-10-19)11-18(13-21)17-8-7-15-3-1-2-4-16(15)12-17/h1-12H/b18-11-. The molecule has 0 atom stereocenters. The normalized spacial score (nSPS) is 11.3. The Bertz CT molecular complexity index is 855. The van der Waals surface area contributed by atoms with Crippen LogP contribution in [0.25, 0.3) is 22.4 Å². The highest BCUT2D eigenvalue weighted by atomic mass is 79.9. The van der Waals surface area contributed by atoms with Crippen LogP contribution in [0.4, 0.5) is 0 Å². The van der Waals surface area contributed by atoms with Gasteiger partial charge in [0.2, 0.25) is 0 Å². The van der Waals surface area contributed by atoms with E-state index in [1.54, 1.807) is 0 Å². The van der Waals surface area contributed by atoms with E-state index in [0.29, 0.717) is 5.57 Å². The van der Waals surface area contributed by atoms with Crippen LogP contribution in [0.1, 0.15) is 11.1 Å². The summed E-state index contributed by atoms with van der Waals surface area (Å²) in [5.74, 6) is 0. The Morgan fingerprint density at radius 2 is 1.62 bits per heavy atom. The molecule has 0 radical (unpaired) electrons. The fourth-order valence-corrected chi connectivity index (χ4v) is 2.53. The summed E-state index contributed by atoms with van der Waals surface area (Å²) in [6, 6.07) is 24.5. The van der Waals surface area contributed by atoms with Gasteiger partial charge in [0, 0.05) is 4.47 Å². The van der Waals surface area contributed by atoms with Gasteiger partial charge >= 0.3 is 0 Å². The highest BCUT2D eigenvalue weighted by Crippen LogP contribution is 2.23. The van der Waals surface area contributed by atoms with Crippen molar-refractivity contribution < 1.29 is 0 Å². The van der Waals surface area contributed by atoms with Crippen molar-refractivity contribution in [2.45, 2.75) is 0 Å². The summed E-state index contributed by atoms with van der Waals surface area (Å²) in [6.45, 7) is 0. The molecule has 0 aliphatic heterocycles. The fourth-order valence-electron chi connectivity index (χ4n) is 2.26. The molecule has 0 fully saturated rings. The van der Waals surface area contributed by atoms with Crippen molar-refractivity contribution in [1.29, 1.82) is 5.26 Å². The lowest BCUT2D eigenvalue weighted by molar-refractivity contribution is 1.53. The maximum Gasteiger partial charge on any atom is 0.0998 e. The van der Waals surface area contributed by atoms with Crippen molar-refractivity contribution in [2.24, 2.45) is 0 Å². The molecule has 0 saturated heterocycles. The summed E-state index contributed by atoms with van der Waals surface area (Å²) in [6.07, 6.45) is 1.91. The molecule has 0 N–H and O–H groups in total. The molecule has 0 aliphatic rings. The minimum Gasteiger partial charge on any atom is -0.192 e. The van der Waals surface area contributed by atoms with Crippen LogP contribution in [-0.2, 0) is 0 Å². The van der Waals surface area contributed by atoms with E-state index < -0.39 is 0 Å². The van der Waals surface area contributed by atoms with E-state index in [0.717, 1.165) is 21.0 Å². The molecule has 0 amide bonds. The van der Waals surface area contributed by atoms with Gasteiger partial charge in [-0.25, -0.2) is 0 Å². The van der Waals surface area contributed by atoms with Crippen LogP contribution in [0.3, 0.4) is 0 Å². The minimum atomic E-state index is 0.670. The van der Waals surface area contributed by atoms with Crippen LogP contribution in [0.5, 0.6) is 0 Å². The van der Waals surface area contributed by atoms with Gasteiger partial charge < -0.3 is 0 Å². The van der Waals surface area contributed by atoms with Gasteiger partial charge in [-0.05, 0) is 46.2 Å². The predicted octanol–water partition coefficient (Wildman–Crippen LogP) is 5.67. The highest BCUT2D eigenvalue weighted by Gasteiger charge is 2.02. The Kier molecular flexibility index (Phi) is 3.85. The highest BCUT2D eigenvalue weighted by molar-refractivity contribution is 9.10. The zero-order valence-corrected chi connectivity index (χ0v) is 12.8. The Morgan fingerprint density at radius 1 is 0.905 bits per heavy atom. The molecular weight excluding hydrogens is 322 g/mol. The SMILES string of the molecule is N#C/C(=C/c1ccc(Br)cc1)c1ccc2ccccc2c1. The Balaban J connectivity index is 2.05. The van der Waals surface area contributed by atoms with Crippen LogP contribution in [0, 0.1) is 11.3 Å². The lowest BCUT2D eigenvalue weighted by Gasteiger charge is -2.03. The number of hydrogen-bond acceptors (Lipinski definition) is 1. The lowest BCUT2D eigenvalue weighted by Crippen LogP contribution is -1.83. The van der Waals surface area contributed by atoms with E-state index >= 15 is 0 Å². The maximum absolute atomic E-state index is 9.44. The lowest BCUT2D eigenvalue weighted by atomic mass is 10.0. The average molecular weight is 334 g/mol. The molecular formula is C19H12BrN. The Morgan fingerprint density at radius 3 is 2.33 bits per heavy atom. The zero-order chi connectivity index (χ0) is 14.7. The molecule has 3 aromatic carbocycles. The van der Waals surface area contributed by atoms with E-state index in [4.69, 9.17) is 0 Å². The first-order valence-corrected chi connectivity index (χ1v) is 7.42. The van der Waals surface area contributed by atoms with Crippen LogP contribution in [0.2, 0.25) is 0 Å². The smallest absolute Gasteiger partial charge is 0.0998 e. The van der Waals surface area contributed by atoms with Gasteiger partial charge in [-0.15, -0.1) is 0 Å². The number of halogens is 1. The second-order valence-corrected chi connectivity index (χ2v) is 5.70. The van der Waals surface area contributed by atoms with Crippen LogP contribution >= 0.6 is 15.9 Å². The summed E-state index contributed by atoms with van der Waals surface area (Å²) in [4.78, 5) is 0. The molecule has 2 heteroatoms. The number of allylic oxidation sites excluding steroid dienone is 1. The number of benzene rings is 3.